The van der Waals surface area contributed by atoms with E-state index in [0.29, 0.717) is 5.56 Å². The van der Waals surface area contributed by atoms with Crippen molar-refractivity contribution in [3.05, 3.63) is 65.9 Å². The number of rotatable bonds is 12. The molecule has 3 aromatic rings. The van der Waals surface area contributed by atoms with Crippen LogP contribution in [0.5, 0.6) is 5.75 Å². The Morgan fingerprint density at radius 2 is 1.57 bits per heavy atom. The van der Waals surface area contributed by atoms with Crippen LogP contribution in [0.4, 0.5) is 0 Å². The normalized spacial score (nSPS) is 13.4. The van der Waals surface area contributed by atoms with Crippen LogP contribution in [0.15, 0.2) is 54.7 Å². The van der Waals surface area contributed by atoms with E-state index in [-0.39, 0.29) is 24.3 Å². The van der Waals surface area contributed by atoms with E-state index < -0.39 is 48.4 Å². The summed E-state index contributed by atoms with van der Waals surface area (Å²) in [5.41, 5.74) is 7.98. The molecule has 196 valence electrons. The number of aromatic amines is 1. The van der Waals surface area contributed by atoms with Gasteiger partial charge in [-0.15, -0.1) is 0 Å². The van der Waals surface area contributed by atoms with Crippen molar-refractivity contribution in [2.24, 2.45) is 5.73 Å². The number of aromatic hydroxyl groups is 1. The number of fused-ring (bicyclic) bond motifs is 1. The summed E-state index contributed by atoms with van der Waals surface area (Å²) in [6, 6.07) is 10.3. The monoisotopic (exact) mass is 527 g/mol. The zero-order chi connectivity index (χ0) is 26.9. The predicted octanol–water partition coefficient (Wildman–Crippen LogP) is 0.0862. The molecule has 0 aliphatic rings. The smallest absolute Gasteiger partial charge is 0.322 e. The third-order valence-corrected chi connectivity index (χ3v) is 6.08. The minimum Gasteiger partial charge on any atom is -0.508 e. The van der Waals surface area contributed by atoms with Crippen molar-refractivity contribution in [1.82, 2.24) is 20.9 Å². The summed E-state index contributed by atoms with van der Waals surface area (Å²) < 4.78 is 0. The first-order chi connectivity index (χ1) is 17.7. The number of nitrogens with one attached hydrogen (secondary N) is 4. The van der Waals surface area contributed by atoms with Gasteiger partial charge in [0.25, 0.3) is 0 Å². The third-order valence-electron chi connectivity index (χ3n) is 5.69. The predicted molar refractivity (Wildman–Crippen MR) is 140 cm³/mol. The first-order valence-electron chi connectivity index (χ1n) is 11.5. The minimum absolute atomic E-state index is 0.0415. The zero-order valence-electron chi connectivity index (χ0n) is 19.8. The number of carbonyl (C=O) groups is 4. The van der Waals surface area contributed by atoms with E-state index in [4.69, 9.17) is 10.8 Å². The lowest BCUT2D eigenvalue weighted by atomic mass is 10.0. The molecule has 3 atom stereocenters. The summed E-state index contributed by atoms with van der Waals surface area (Å²) in [5, 5.41) is 26.9. The molecular weight excluding hydrogens is 498 g/mol. The number of H-pyrrole nitrogens is 1. The van der Waals surface area contributed by atoms with Gasteiger partial charge in [-0.3, -0.25) is 19.2 Å². The topological polar surface area (TPSA) is 187 Å². The van der Waals surface area contributed by atoms with Crippen LogP contribution in [0.3, 0.4) is 0 Å². The summed E-state index contributed by atoms with van der Waals surface area (Å²) >= 11 is 4.02. The van der Waals surface area contributed by atoms with Crippen molar-refractivity contribution in [3.63, 3.8) is 0 Å². The molecule has 0 fully saturated rings. The molecule has 0 saturated heterocycles. The lowest BCUT2D eigenvalue weighted by Crippen LogP contribution is -2.57. The largest absolute Gasteiger partial charge is 0.508 e. The molecule has 0 radical (unpaired) electrons. The van der Waals surface area contributed by atoms with E-state index in [9.17, 15) is 24.3 Å². The number of carboxylic acids is 1. The highest BCUT2D eigenvalue weighted by atomic mass is 32.1. The maximum atomic E-state index is 13.4. The second kappa shape index (κ2) is 12.8. The Kier molecular flexibility index (Phi) is 9.52. The molecule has 0 saturated carbocycles. The Bertz CT molecular complexity index is 1260. The highest BCUT2D eigenvalue weighted by Crippen LogP contribution is 2.19. The van der Waals surface area contributed by atoms with Crippen LogP contribution < -0.4 is 21.7 Å². The Morgan fingerprint density at radius 1 is 0.919 bits per heavy atom. The fourth-order valence-corrected chi connectivity index (χ4v) is 3.89. The van der Waals surface area contributed by atoms with Crippen molar-refractivity contribution in [2.75, 3.05) is 12.3 Å². The zero-order valence-corrected chi connectivity index (χ0v) is 20.7. The summed E-state index contributed by atoms with van der Waals surface area (Å²) in [6.07, 6.45) is 1.83. The number of phenols is 1. The summed E-state index contributed by atoms with van der Waals surface area (Å²) in [6.45, 7) is -0.621. The number of benzene rings is 2. The molecule has 3 unspecified atom stereocenters. The van der Waals surface area contributed by atoms with Gasteiger partial charge in [-0.05, 0) is 29.3 Å². The molecule has 0 spiro atoms. The molecule has 11 nitrogen and oxygen atoms in total. The molecule has 37 heavy (non-hydrogen) atoms. The highest BCUT2D eigenvalue weighted by molar-refractivity contribution is 7.80. The van der Waals surface area contributed by atoms with E-state index in [0.717, 1.165) is 16.5 Å². The van der Waals surface area contributed by atoms with Crippen molar-refractivity contribution < 1.29 is 29.4 Å². The van der Waals surface area contributed by atoms with Crippen LogP contribution in [0.2, 0.25) is 0 Å². The number of hydrogen-bond donors (Lipinski definition) is 8. The number of nitrogens with two attached hydrogens (primary N) is 1. The van der Waals surface area contributed by atoms with Crippen molar-refractivity contribution in [2.45, 2.75) is 31.0 Å². The fourth-order valence-electron chi connectivity index (χ4n) is 3.73. The summed E-state index contributed by atoms with van der Waals surface area (Å²) in [7, 11) is 0. The molecule has 1 heterocycles. The SMILES string of the molecule is NC(CS)C(=O)NC(Cc1ccc(O)cc1)C(=O)NC(Cc1c[nH]c2ccccc12)C(=O)NCC(=O)O. The van der Waals surface area contributed by atoms with E-state index in [1.165, 1.54) is 12.1 Å². The van der Waals surface area contributed by atoms with Crippen LogP contribution in [0.1, 0.15) is 11.1 Å². The number of carbonyl (C=O) groups excluding carboxylic acids is 3. The van der Waals surface area contributed by atoms with Crippen molar-refractivity contribution in [3.8, 4) is 5.75 Å². The maximum absolute atomic E-state index is 13.4. The average molecular weight is 528 g/mol. The van der Waals surface area contributed by atoms with Crippen molar-refractivity contribution in [1.29, 1.82) is 0 Å². The Labute approximate surface area is 218 Å². The number of aliphatic carboxylic acids is 1. The van der Waals surface area contributed by atoms with E-state index in [2.05, 4.69) is 33.6 Å². The quantitative estimate of drug-likeness (QED) is 0.153. The molecular formula is C25H29N5O6S. The van der Waals surface area contributed by atoms with Gasteiger partial charge in [0.15, 0.2) is 0 Å². The van der Waals surface area contributed by atoms with Gasteiger partial charge in [0.05, 0.1) is 6.04 Å². The van der Waals surface area contributed by atoms with Gasteiger partial charge in [0.2, 0.25) is 17.7 Å². The molecule has 12 heteroatoms. The Balaban J connectivity index is 1.85. The van der Waals surface area contributed by atoms with E-state index >= 15 is 0 Å². The molecule has 2 aromatic carbocycles. The third kappa shape index (κ3) is 7.72. The number of phenolic OH excluding ortho intramolecular Hbond substituents is 1. The number of thiol groups is 1. The highest BCUT2D eigenvalue weighted by Gasteiger charge is 2.29. The van der Waals surface area contributed by atoms with Gasteiger partial charge in [0.1, 0.15) is 24.4 Å². The average Bonchev–Trinajstić information content (AvgIpc) is 3.29. The van der Waals surface area contributed by atoms with E-state index in [1.807, 2.05) is 24.3 Å². The van der Waals surface area contributed by atoms with Crippen LogP contribution in [0, 0.1) is 0 Å². The van der Waals surface area contributed by atoms with Crippen LogP contribution >= 0.6 is 12.6 Å². The molecule has 0 bridgehead atoms. The first-order valence-corrected chi connectivity index (χ1v) is 12.1. The number of hydrogen-bond acceptors (Lipinski definition) is 7. The number of para-hydroxylation sites is 1. The van der Waals surface area contributed by atoms with Crippen LogP contribution in [0.25, 0.3) is 10.9 Å². The maximum Gasteiger partial charge on any atom is 0.322 e. The second-order valence-electron chi connectivity index (χ2n) is 8.46. The molecule has 3 amide bonds. The second-order valence-corrected chi connectivity index (χ2v) is 8.82. The molecule has 3 rings (SSSR count). The summed E-state index contributed by atoms with van der Waals surface area (Å²) in [5.74, 6) is -3.09. The molecule has 8 N–H and O–H groups in total. The first kappa shape index (κ1) is 27.6. The Hall–Kier alpha value is -4.03. The van der Waals surface area contributed by atoms with Gasteiger partial charge in [-0.1, -0.05) is 30.3 Å². The van der Waals surface area contributed by atoms with Gasteiger partial charge in [-0.25, -0.2) is 0 Å². The van der Waals surface area contributed by atoms with Crippen molar-refractivity contribution >= 4 is 47.2 Å². The molecule has 1 aromatic heterocycles. The lowest BCUT2D eigenvalue weighted by molar-refractivity contribution is -0.138. The molecule has 0 aliphatic heterocycles. The molecule has 0 aliphatic carbocycles. The van der Waals surface area contributed by atoms with Gasteiger partial charge < -0.3 is 36.9 Å². The number of aromatic nitrogens is 1. The minimum atomic E-state index is -1.23. The van der Waals surface area contributed by atoms with Gasteiger partial charge >= 0.3 is 5.97 Å². The van der Waals surface area contributed by atoms with Crippen LogP contribution in [-0.2, 0) is 32.0 Å². The van der Waals surface area contributed by atoms with Gasteiger partial charge in [-0.2, -0.15) is 12.6 Å². The fraction of sp³-hybridized carbons (Fsp3) is 0.280. The Morgan fingerprint density at radius 3 is 2.24 bits per heavy atom. The van der Waals surface area contributed by atoms with Gasteiger partial charge in [0, 0.05) is 35.7 Å². The summed E-state index contributed by atoms with van der Waals surface area (Å²) in [4.78, 5) is 52.8. The lowest BCUT2D eigenvalue weighted by Gasteiger charge is -2.24. The van der Waals surface area contributed by atoms with Crippen LogP contribution in [-0.4, -0.2) is 69.3 Å². The van der Waals surface area contributed by atoms with E-state index in [1.54, 1.807) is 18.3 Å². The number of carboxylic acid groups (broad SMARTS) is 1. The standard InChI is InChI=1S/C25H29N5O6S/c26-18(13-37)23(34)29-20(9-14-5-7-16(31)8-6-14)25(36)30-21(24(35)28-12-22(32)33)10-15-11-27-19-4-2-1-3-17(15)19/h1-8,11,18,20-21,27,31,37H,9-10,12-13,26H2,(H,28,35)(H,29,34)(H,30,36)(H,32,33). The number of amides is 3.